The van der Waals surface area contributed by atoms with E-state index >= 15 is 0 Å². The Hall–Kier alpha value is -4.83. The minimum atomic E-state index is -0.866. The van der Waals surface area contributed by atoms with Crippen molar-refractivity contribution in [1.82, 2.24) is 15.5 Å². The number of benzene rings is 4. The molecule has 59 heavy (non-hydrogen) atoms. The van der Waals surface area contributed by atoms with Crippen LogP contribution in [0.1, 0.15) is 45.7 Å². The molecule has 4 aromatic carbocycles. The van der Waals surface area contributed by atoms with Crippen molar-refractivity contribution >= 4 is 92.7 Å². The highest BCUT2D eigenvalue weighted by Crippen LogP contribution is 2.20. The third-order valence-corrected chi connectivity index (χ3v) is 9.55. The number of esters is 2. The maximum Gasteiger partial charge on any atom is 0.328 e. The summed E-state index contributed by atoms with van der Waals surface area (Å²) in [4.78, 5) is 51.8. The highest BCUT2D eigenvalue weighted by atomic mass is 35.5. The van der Waals surface area contributed by atoms with Gasteiger partial charge < -0.3 is 39.2 Å². The van der Waals surface area contributed by atoms with E-state index in [1.165, 1.54) is 0 Å². The highest BCUT2D eigenvalue weighted by Gasteiger charge is 2.26. The van der Waals surface area contributed by atoms with Crippen molar-refractivity contribution in [2.75, 3.05) is 39.5 Å². The van der Waals surface area contributed by atoms with Crippen molar-refractivity contribution in [1.29, 1.82) is 0 Å². The molecule has 17 heteroatoms. The largest absolute Gasteiger partial charge is 0.464 e. The van der Waals surface area contributed by atoms with E-state index < -0.39 is 35.8 Å². The first-order chi connectivity index (χ1) is 28.4. The number of thiocarbonyl (C=S) groups is 2. The molecule has 2 amide bonds. The van der Waals surface area contributed by atoms with Gasteiger partial charge in [0.15, 0.2) is 0 Å². The van der Waals surface area contributed by atoms with E-state index in [-0.39, 0.29) is 36.1 Å². The minimum Gasteiger partial charge on any atom is -0.464 e. The van der Waals surface area contributed by atoms with Crippen LogP contribution in [-0.4, -0.2) is 89.9 Å². The van der Waals surface area contributed by atoms with Gasteiger partial charge in [0.25, 0.3) is 21.5 Å². The molecule has 312 valence electrons. The lowest BCUT2D eigenvalue weighted by atomic mass is 10.0. The van der Waals surface area contributed by atoms with Crippen molar-refractivity contribution < 1.29 is 42.9 Å². The first-order valence-electron chi connectivity index (χ1n) is 18.4. The van der Waals surface area contributed by atoms with Crippen LogP contribution in [0.3, 0.4) is 0 Å². The van der Waals surface area contributed by atoms with E-state index in [0.29, 0.717) is 58.6 Å². The van der Waals surface area contributed by atoms with Crippen molar-refractivity contribution in [3.8, 4) is 11.5 Å². The van der Waals surface area contributed by atoms with Gasteiger partial charge in [0, 0.05) is 25.9 Å². The maximum absolute atomic E-state index is 12.6. The van der Waals surface area contributed by atoms with Crippen LogP contribution < -0.4 is 20.1 Å². The molecule has 2 N–H and O–H groups in total. The fraction of sp³-hybridized carbons (Fsp3) is 0.286. The molecule has 4 aromatic rings. The molecule has 2 unspecified atom stereocenters. The number of ether oxygens (including phenoxy) is 5. The van der Waals surface area contributed by atoms with Crippen LogP contribution in [0, 0.1) is 0 Å². The van der Waals surface area contributed by atoms with E-state index in [0.717, 1.165) is 11.1 Å². The van der Waals surface area contributed by atoms with Crippen LogP contribution in [0.4, 0.5) is 0 Å². The van der Waals surface area contributed by atoms with Gasteiger partial charge in [-0.25, -0.2) is 9.59 Å². The fourth-order valence-corrected chi connectivity index (χ4v) is 6.40. The topological polar surface area (TPSA) is 142 Å². The van der Waals surface area contributed by atoms with Gasteiger partial charge in [0.2, 0.25) is 0 Å². The number of nitrogens with zero attached hydrogens (tertiary/aromatic N) is 1. The standard InChI is InChI=1S/C23H25ClN2O5S.C19H17Cl2NO4S/c1-2-30-22(28)20(25-21(27)18-5-3-4-6-19(18)24)15-16-7-9-17(10-8-16)31-23(32)26-11-13-29-14-12-26;1-2-25-18(24)16(22-17(23)14-5-3-4-6-15(14)20)11-12-7-9-13(10-8-12)26-19(21)27/h3-10,20H,2,11-15H2,1H3,(H,25,27);3-10,16H,2,11H2,1H3,(H,22,23). The number of halogens is 3. The zero-order valence-electron chi connectivity index (χ0n) is 32.1. The minimum absolute atomic E-state index is 0.112. The van der Waals surface area contributed by atoms with Crippen LogP contribution in [-0.2, 0) is 36.6 Å². The fourth-order valence-electron chi connectivity index (χ4n) is 5.50. The molecule has 12 nitrogen and oxygen atoms in total. The summed E-state index contributed by atoms with van der Waals surface area (Å²) in [5.41, 5.74) is 2.20. The Morgan fingerprint density at radius 2 is 1.07 bits per heavy atom. The number of nitrogens with one attached hydrogen (secondary N) is 2. The number of morpholine rings is 1. The van der Waals surface area contributed by atoms with Crippen molar-refractivity contribution in [3.63, 3.8) is 0 Å². The lowest BCUT2D eigenvalue weighted by molar-refractivity contribution is -0.146. The average Bonchev–Trinajstić information content (AvgIpc) is 3.22. The van der Waals surface area contributed by atoms with Gasteiger partial charge in [0.05, 0.1) is 47.6 Å². The van der Waals surface area contributed by atoms with E-state index in [4.69, 9.17) is 70.7 Å². The second kappa shape index (κ2) is 24.3. The normalized spacial score (nSPS) is 13.0. The molecule has 0 spiro atoms. The molecule has 1 heterocycles. The Kier molecular flexibility index (Phi) is 19.3. The second-order valence-electron chi connectivity index (χ2n) is 12.5. The molecule has 0 aromatic heterocycles. The number of rotatable bonds is 14. The SMILES string of the molecule is CCOC(=O)C(Cc1ccc(OC(=S)Cl)cc1)NC(=O)c1ccccc1Cl.CCOC(=O)C(Cc1ccc(OC(=S)N2CCOCC2)cc1)NC(=O)c1ccccc1Cl. The summed E-state index contributed by atoms with van der Waals surface area (Å²) in [5.74, 6) is -0.859. The van der Waals surface area contributed by atoms with E-state index in [9.17, 15) is 19.2 Å². The lowest BCUT2D eigenvalue weighted by Crippen LogP contribution is -2.43. The molecule has 1 aliphatic rings. The molecule has 0 radical (unpaired) electrons. The number of carbonyl (C=O) groups is 4. The maximum atomic E-state index is 12.6. The van der Waals surface area contributed by atoms with Crippen LogP contribution >= 0.6 is 59.2 Å². The van der Waals surface area contributed by atoms with E-state index in [1.807, 2.05) is 17.0 Å². The quantitative estimate of drug-likeness (QED) is 0.0741. The van der Waals surface area contributed by atoms with Gasteiger partial charge >= 0.3 is 11.9 Å². The summed E-state index contributed by atoms with van der Waals surface area (Å²) in [6, 6.07) is 25.6. The first-order valence-corrected chi connectivity index (χ1v) is 20.4. The third kappa shape index (κ3) is 15.4. The molecule has 2 atom stereocenters. The molecular weight excluding hydrogens is 861 g/mol. The molecule has 0 bridgehead atoms. The molecule has 5 rings (SSSR count). The van der Waals surface area contributed by atoms with Crippen LogP contribution in [0.5, 0.6) is 11.5 Å². The van der Waals surface area contributed by atoms with Gasteiger partial charge in [-0.05, 0) is 110 Å². The Morgan fingerprint density at radius 1 is 0.661 bits per heavy atom. The average molecular weight is 903 g/mol. The summed E-state index contributed by atoms with van der Waals surface area (Å²) in [6.07, 6.45) is 0.490. The summed E-state index contributed by atoms with van der Waals surface area (Å²) < 4.78 is 26.3. The Bertz CT molecular complexity index is 2070. The summed E-state index contributed by atoms with van der Waals surface area (Å²) in [7, 11) is 0. The third-order valence-electron chi connectivity index (χ3n) is 8.39. The van der Waals surface area contributed by atoms with Gasteiger partial charge in [-0.3, -0.25) is 9.59 Å². The Balaban J connectivity index is 0.000000265. The van der Waals surface area contributed by atoms with Gasteiger partial charge in [-0.1, -0.05) is 71.7 Å². The predicted octanol–water partition coefficient (Wildman–Crippen LogP) is 7.39. The Labute approximate surface area is 368 Å². The number of hydrogen-bond donors (Lipinski definition) is 2. The van der Waals surface area contributed by atoms with Crippen molar-refractivity contribution in [2.45, 2.75) is 38.8 Å². The predicted molar refractivity (Wildman–Crippen MR) is 234 cm³/mol. The van der Waals surface area contributed by atoms with Crippen LogP contribution in [0.15, 0.2) is 97.1 Å². The van der Waals surface area contributed by atoms with Crippen LogP contribution in [0.25, 0.3) is 0 Å². The lowest BCUT2D eigenvalue weighted by Gasteiger charge is -2.28. The molecule has 0 saturated carbocycles. The summed E-state index contributed by atoms with van der Waals surface area (Å²) in [6.45, 7) is 6.47. The molecule has 1 fully saturated rings. The molecule has 1 aliphatic heterocycles. The molecule has 0 aliphatic carbocycles. The molecular formula is C42H42Cl3N3O9S2. The number of amides is 2. The number of hydrogen-bond acceptors (Lipinski definition) is 11. The van der Waals surface area contributed by atoms with Crippen molar-refractivity contribution in [3.05, 3.63) is 129 Å². The monoisotopic (exact) mass is 901 g/mol. The number of carbonyl (C=O) groups excluding carboxylic acids is 4. The van der Waals surface area contributed by atoms with E-state index in [2.05, 4.69) is 22.9 Å². The van der Waals surface area contributed by atoms with E-state index in [1.54, 1.807) is 98.8 Å². The Morgan fingerprint density at radius 3 is 1.46 bits per heavy atom. The zero-order chi connectivity index (χ0) is 42.7. The van der Waals surface area contributed by atoms with Gasteiger partial charge in [-0.2, -0.15) is 0 Å². The highest BCUT2D eigenvalue weighted by molar-refractivity contribution is 7.82. The smallest absolute Gasteiger partial charge is 0.328 e. The summed E-state index contributed by atoms with van der Waals surface area (Å²) in [5, 5.41) is 6.42. The van der Waals surface area contributed by atoms with Gasteiger partial charge in [-0.15, -0.1) is 0 Å². The van der Waals surface area contributed by atoms with Crippen LogP contribution in [0.2, 0.25) is 10.0 Å². The van der Waals surface area contributed by atoms with Crippen molar-refractivity contribution in [2.24, 2.45) is 0 Å². The first kappa shape index (κ1) is 46.9. The summed E-state index contributed by atoms with van der Waals surface area (Å²) >= 11 is 27.7. The molecule has 1 saturated heterocycles. The zero-order valence-corrected chi connectivity index (χ0v) is 36.0. The second-order valence-corrected chi connectivity index (χ2v) is 14.6. The van der Waals surface area contributed by atoms with Gasteiger partial charge in [0.1, 0.15) is 23.6 Å².